The number of amides is 2. The number of carbonyl (C=O) groups excluding carboxylic acids is 2. The summed E-state index contributed by atoms with van der Waals surface area (Å²) >= 11 is 0. The summed E-state index contributed by atoms with van der Waals surface area (Å²) in [7, 11) is 0. The Kier molecular flexibility index (Phi) is 5.80. The third kappa shape index (κ3) is 4.48. The fraction of sp³-hybridized carbons (Fsp3) is 0.160. The van der Waals surface area contributed by atoms with Gasteiger partial charge in [0.15, 0.2) is 0 Å². The molecule has 0 aliphatic rings. The molecular weight excluding hydrogens is 388 g/mol. The zero-order chi connectivity index (χ0) is 21.8. The predicted molar refractivity (Wildman–Crippen MR) is 121 cm³/mol. The van der Waals surface area contributed by atoms with Crippen molar-refractivity contribution in [3.05, 3.63) is 95.3 Å². The lowest BCUT2D eigenvalue weighted by Crippen LogP contribution is -2.43. The van der Waals surface area contributed by atoms with E-state index in [0.29, 0.717) is 0 Å². The van der Waals surface area contributed by atoms with Crippen LogP contribution in [0, 0.1) is 13.8 Å². The smallest absolute Gasteiger partial charge is 0.242 e. The van der Waals surface area contributed by atoms with Crippen molar-refractivity contribution in [2.75, 3.05) is 0 Å². The average molecular weight is 412 g/mol. The summed E-state index contributed by atoms with van der Waals surface area (Å²) in [5.74, 6) is -0.553. The van der Waals surface area contributed by atoms with Crippen LogP contribution in [0.25, 0.3) is 16.5 Å². The van der Waals surface area contributed by atoms with Gasteiger partial charge in [0, 0.05) is 11.3 Å². The molecule has 2 amide bonds. The fourth-order valence-corrected chi connectivity index (χ4v) is 3.76. The predicted octanol–water partition coefficient (Wildman–Crippen LogP) is 3.57. The Balaban J connectivity index is 1.38. The zero-order valence-corrected chi connectivity index (χ0v) is 17.6. The molecule has 0 unspecified atom stereocenters. The molecular formula is C25H24N4O2. The molecule has 31 heavy (non-hydrogen) atoms. The number of hydrogen-bond donors (Lipinski definition) is 2. The molecule has 0 bridgehead atoms. The molecule has 4 aromatic rings. The SMILES string of the molecule is Cc1nn(-c2ccccc2)c(C)c1CC(=O)NNC(=O)Cc1cccc2ccccc12. The van der Waals surface area contributed by atoms with E-state index in [4.69, 9.17) is 0 Å². The molecule has 0 spiro atoms. The van der Waals surface area contributed by atoms with Crippen LogP contribution < -0.4 is 10.9 Å². The highest BCUT2D eigenvalue weighted by atomic mass is 16.2. The molecule has 2 N–H and O–H groups in total. The van der Waals surface area contributed by atoms with E-state index in [1.54, 1.807) is 0 Å². The number of rotatable bonds is 5. The summed E-state index contributed by atoms with van der Waals surface area (Å²) in [5.41, 5.74) is 9.46. The Hall–Kier alpha value is -3.93. The van der Waals surface area contributed by atoms with Gasteiger partial charge in [-0.3, -0.25) is 20.4 Å². The topological polar surface area (TPSA) is 76.0 Å². The number of carbonyl (C=O) groups is 2. The van der Waals surface area contributed by atoms with Crippen LogP contribution >= 0.6 is 0 Å². The molecule has 0 atom stereocenters. The van der Waals surface area contributed by atoms with Crippen LogP contribution in [0.15, 0.2) is 72.8 Å². The molecule has 0 fully saturated rings. The Morgan fingerprint density at radius 3 is 2.23 bits per heavy atom. The summed E-state index contributed by atoms with van der Waals surface area (Å²) in [6, 6.07) is 23.6. The van der Waals surface area contributed by atoms with Gasteiger partial charge in [-0.25, -0.2) is 4.68 Å². The molecule has 0 aliphatic carbocycles. The molecule has 6 nitrogen and oxygen atoms in total. The normalized spacial score (nSPS) is 10.8. The first-order chi connectivity index (χ1) is 15.0. The van der Waals surface area contributed by atoms with Gasteiger partial charge in [0.2, 0.25) is 11.8 Å². The van der Waals surface area contributed by atoms with Crippen LogP contribution in [0.1, 0.15) is 22.5 Å². The van der Waals surface area contributed by atoms with Gasteiger partial charge < -0.3 is 0 Å². The Morgan fingerprint density at radius 2 is 1.45 bits per heavy atom. The lowest BCUT2D eigenvalue weighted by molar-refractivity contribution is -0.128. The quantitative estimate of drug-likeness (QED) is 0.492. The van der Waals surface area contributed by atoms with Gasteiger partial charge in [-0.15, -0.1) is 0 Å². The van der Waals surface area contributed by atoms with Crippen molar-refractivity contribution in [1.82, 2.24) is 20.6 Å². The van der Waals surface area contributed by atoms with Crippen molar-refractivity contribution in [1.29, 1.82) is 0 Å². The number of nitrogens with zero attached hydrogens (tertiary/aromatic N) is 2. The largest absolute Gasteiger partial charge is 0.273 e. The number of aryl methyl sites for hydroxylation is 1. The highest BCUT2D eigenvalue weighted by Gasteiger charge is 2.16. The molecule has 0 saturated carbocycles. The minimum Gasteiger partial charge on any atom is -0.273 e. The van der Waals surface area contributed by atoms with E-state index in [1.165, 1.54) is 0 Å². The van der Waals surface area contributed by atoms with Gasteiger partial charge >= 0.3 is 0 Å². The number of para-hydroxylation sites is 1. The van der Waals surface area contributed by atoms with Crippen LogP contribution in [0.4, 0.5) is 0 Å². The van der Waals surface area contributed by atoms with Crippen LogP contribution in [-0.2, 0) is 22.4 Å². The molecule has 0 radical (unpaired) electrons. The fourth-order valence-electron chi connectivity index (χ4n) is 3.76. The Bertz CT molecular complexity index is 1240. The molecule has 156 valence electrons. The van der Waals surface area contributed by atoms with Gasteiger partial charge in [-0.2, -0.15) is 5.10 Å². The molecule has 6 heteroatoms. The maximum atomic E-state index is 12.5. The van der Waals surface area contributed by atoms with E-state index in [9.17, 15) is 9.59 Å². The lowest BCUT2D eigenvalue weighted by Gasteiger charge is -2.10. The van der Waals surface area contributed by atoms with Crippen molar-refractivity contribution in [3.8, 4) is 5.69 Å². The number of aromatic nitrogens is 2. The monoisotopic (exact) mass is 412 g/mol. The molecule has 3 aromatic carbocycles. The first-order valence-corrected chi connectivity index (χ1v) is 10.2. The van der Waals surface area contributed by atoms with Crippen LogP contribution in [0.2, 0.25) is 0 Å². The van der Waals surface area contributed by atoms with Gasteiger partial charge in [-0.1, -0.05) is 60.7 Å². The Labute approximate surface area is 180 Å². The average Bonchev–Trinajstić information content (AvgIpc) is 3.07. The molecule has 1 aromatic heterocycles. The van der Waals surface area contributed by atoms with E-state index in [2.05, 4.69) is 16.0 Å². The standard InChI is InChI=1S/C25H24N4O2/c1-17-23(18(2)29(28-17)21-12-4-3-5-13-21)16-25(31)27-26-24(30)15-20-11-8-10-19-9-6-7-14-22(19)20/h3-14H,15-16H2,1-2H3,(H,26,30)(H,27,31). The van der Waals surface area contributed by atoms with E-state index in [1.807, 2.05) is 91.3 Å². The van der Waals surface area contributed by atoms with E-state index in [-0.39, 0.29) is 24.7 Å². The lowest BCUT2D eigenvalue weighted by atomic mass is 10.0. The summed E-state index contributed by atoms with van der Waals surface area (Å²) in [6.45, 7) is 3.82. The first-order valence-electron chi connectivity index (χ1n) is 10.2. The minimum atomic E-state index is -0.287. The maximum Gasteiger partial charge on any atom is 0.242 e. The van der Waals surface area contributed by atoms with E-state index >= 15 is 0 Å². The van der Waals surface area contributed by atoms with Gasteiger partial charge in [0.1, 0.15) is 0 Å². The highest BCUT2D eigenvalue weighted by Crippen LogP contribution is 2.19. The third-order valence-electron chi connectivity index (χ3n) is 5.35. The third-order valence-corrected chi connectivity index (χ3v) is 5.35. The summed E-state index contributed by atoms with van der Waals surface area (Å²) in [5, 5.41) is 6.68. The second-order valence-corrected chi connectivity index (χ2v) is 7.48. The first kappa shape index (κ1) is 20.3. The highest BCUT2D eigenvalue weighted by molar-refractivity contribution is 5.91. The molecule has 4 rings (SSSR count). The van der Waals surface area contributed by atoms with Crippen LogP contribution in [0.5, 0.6) is 0 Å². The number of benzene rings is 3. The minimum absolute atomic E-state index is 0.138. The van der Waals surface area contributed by atoms with Crippen molar-refractivity contribution < 1.29 is 9.59 Å². The van der Waals surface area contributed by atoms with Gasteiger partial charge in [0.05, 0.1) is 24.2 Å². The van der Waals surface area contributed by atoms with E-state index in [0.717, 1.165) is 39.0 Å². The zero-order valence-electron chi connectivity index (χ0n) is 17.6. The van der Waals surface area contributed by atoms with Crippen LogP contribution in [0.3, 0.4) is 0 Å². The van der Waals surface area contributed by atoms with Crippen molar-refractivity contribution in [3.63, 3.8) is 0 Å². The van der Waals surface area contributed by atoms with Crippen molar-refractivity contribution in [2.24, 2.45) is 0 Å². The Morgan fingerprint density at radius 1 is 0.806 bits per heavy atom. The van der Waals surface area contributed by atoms with Crippen molar-refractivity contribution >= 4 is 22.6 Å². The second kappa shape index (κ2) is 8.83. The summed E-state index contributed by atoms with van der Waals surface area (Å²) < 4.78 is 1.83. The maximum absolute atomic E-state index is 12.5. The van der Waals surface area contributed by atoms with Crippen molar-refractivity contribution in [2.45, 2.75) is 26.7 Å². The number of hydrogen-bond acceptors (Lipinski definition) is 3. The number of hydrazine groups is 1. The molecule has 0 aliphatic heterocycles. The number of fused-ring (bicyclic) bond motifs is 1. The second-order valence-electron chi connectivity index (χ2n) is 7.48. The van der Waals surface area contributed by atoms with Gasteiger partial charge in [0.25, 0.3) is 0 Å². The number of nitrogens with one attached hydrogen (secondary N) is 2. The molecule has 0 saturated heterocycles. The summed E-state index contributed by atoms with van der Waals surface area (Å²) in [6.07, 6.45) is 0.324. The van der Waals surface area contributed by atoms with E-state index < -0.39 is 0 Å². The summed E-state index contributed by atoms with van der Waals surface area (Å²) in [4.78, 5) is 24.9. The van der Waals surface area contributed by atoms with Crippen LogP contribution in [-0.4, -0.2) is 21.6 Å². The molecule has 1 heterocycles. The van der Waals surface area contributed by atoms with Gasteiger partial charge in [-0.05, 0) is 42.3 Å².